The van der Waals surface area contributed by atoms with Crippen molar-refractivity contribution in [3.8, 4) is 0 Å². The normalized spacial score (nSPS) is 41.9. The molecule has 4 aliphatic heterocycles. The second-order valence-electron chi connectivity index (χ2n) is 11.5. The lowest BCUT2D eigenvalue weighted by Gasteiger charge is -2.44. The molecule has 0 aromatic rings. The van der Waals surface area contributed by atoms with Crippen LogP contribution in [0.15, 0.2) is 12.2 Å². The van der Waals surface area contributed by atoms with Crippen molar-refractivity contribution in [1.29, 1.82) is 0 Å². The monoisotopic (exact) mass is 557 g/mol. The van der Waals surface area contributed by atoms with Gasteiger partial charge in [0.2, 0.25) is 5.91 Å². The highest BCUT2D eigenvalue weighted by Crippen LogP contribution is 2.38. The van der Waals surface area contributed by atoms with Crippen molar-refractivity contribution in [3.63, 3.8) is 0 Å². The standard InChI is InChI=1S/C26H43N3O8S/c1-13(2)9-14-7-8-36-22-15(10-14)12-29(26(34)35)18(22)24(33)28-17-6-4-3-5-16(11-27)38-25-21(32)19(30)20(31)23(17)37-25/h3-4,13-23,25,30-32H,5-12,27H2,1-2H3,(H,28,33)(H,34,35)/t14-,15-,16-,17+,18-,19-,20+,21+,22+,23+,25+/m0/s1. The van der Waals surface area contributed by atoms with Gasteiger partial charge in [0.05, 0.1) is 12.1 Å². The van der Waals surface area contributed by atoms with Crippen LogP contribution in [0.4, 0.5) is 4.79 Å². The Morgan fingerprint density at radius 1 is 1.13 bits per heavy atom. The van der Waals surface area contributed by atoms with E-state index in [9.17, 15) is 30.0 Å². The number of fused-ring (bicyclic) bond motifs is 3. The molecule has 0 unspecified atom stereocenters. The van der Waals surface area contributed by atoms with Crippen LogP contribution in [0, 0.1) is 17.8 Å². The molecule has 3 fully saturated rings. The smallest absolute Gasteiger partial charge is 0.408 e. The molecule has 0 aromatic carbocycles. The van der Waals surface area contributed by atoms with Crippen LogP contribution in [0.3, 0.4) is 0 Å². The van der Waals surface area contributed by atoms with E-state index in [0.717, 1.165) is 19.3 Å². The van der Waals surface area contributed by atoms with Crippen molar-refractivity contribution in [3.05, 3.63) is 12.2 Å². The molecular weight excluding hydrogens is 514 g/mol. The van der Waals surface area contributed by atoms with Crippen molar-refractivity contribution in [2.45, 2.75) is 99.2 Å². The molecule has 38 heavy (non-hydrogen) atoms. The summed E-state index contributed by atoms with van der Waals surface area (Å²) in [4.78, 5) is 27.1. The van der Waals surface area contributed by atoms with Crippen LogP contribution >= 0.6 is 11.8 Å². The number of carboxylic acid groups (broad SMARTS) is 1. The first-order chi connectivity index (χ1) is 18.1. The maximum atomic E-state index is 13.7. The number of thioether (sulfide) groups is 1. The Morgan fingerprint density at radius 3 is 2.55 bits per heavy atom. The highest BCUT2D eigenvalue weighted by molar-refractivity contribution is 8.00. The number of allylic oxidation sites excluding steroid dienone is 1. The number of carbonyl (C=O) groups excluding carboxylic acids is 1. The summed E-state index contributed by atoms with van der Waals surface area (Å²) in [5.41, 5.74) is 5.02. The van der Waals surface area contributed by atoms with E-state index in [4.69, 9.17) is 15.2 Å². The van der Waals surface area contributed by atoms with E-state index >= 15 is 0 Å². The third-order valence-corrected chi connectivity index (χ3v) is 9.64. The summed E-state index contributed by atoms with van der Waals surface area (Å²) < 4.78 is 12.2. The van der Waals surface area contributed by atoms with Crippen molar-refractivity contribution >= 4 is 23.8 Å². The van der Waals surface area contributed by atoms with Gasteiger partial charge in [-0.25, -0.2) is 4.79 Å². The van der Waals surface area contributed by atoms with Crippen LogP contribution < -0.4 is 11.1 Å². The minimum absolute atomic E-state index is 0.0495. The second kappa shape index (κ2) is 12.8. The van der Waals surface area contributed by atoms with Gasteiger partial charge in [-0.3, -0.25) is 9.69 Å². The third kappa shape index (κ3) is 6.48. The molecular formula is C26H43N3O8S. The van der Waals surface area contributed by atoms with Crippen molar-refractivity contribution in [2.75, 3.05) is 19.7 Å². The molecule has 0 spiro atoms. The zero-order valence-corrected chi connectivity index (χ0v) is 22.9. The number of rotatable bonds is 5. The molecule has 0 saturated carbocycles. The highest BCUT2D eigenvalue weighted by Gasteiger charge is 2.52. The van der Waals surface area contributed by atoms with Gasteiger partial charge < -0.3 is 41.0 Å². The molecule has 4 heterocycles. The Morgan fingerprint density at radius 2 is 1.87 bits per heavy atom. The SMILES string of the molecule is CC(C)C[C@@H]1CCO[C@@H]2[C@@H](C1)CN(C(=O)O)[C@@H]2C(=O)N[C@@H]1CC=CC[C@@H](CN)S[C@H]2O[C@H]1[C@H](O)[C@H](O)[C@H]2O. The number of hydrogen-bond donors (Lipinski definition) is 6. The number of ether oxygens (including phenoxy) is 2. The van der Waals surface area contributed by atoms with E-state index in [2.05, 4.69) is 19.2 Å². The van der Waals surface area contributed by atoms with E-state index in [-0.39, 0.29) is 24.1 Å². The summed E-state index contributed by atoms with van der Waals surface area (Å²) >= 11 is 1.29. The zero-order chi connectivity index (χ0) is 27.6. The number of nitrogens with one attached hydrogen (secondary N) is 1. The van der Waals surface area contributed by atoms with Crippen molar-refractivity contribution < 1.29 is 39.5 Å². The first-order valence-electron chi connectivity index (χ1n) is 13.7. The molecule has 4 rings (SSSR count). The topological polar surface area (TPSA) is 175 Å². The predicted octanol–water partition coefficient (Wildman–Crippen LogP) is 0.509. The molecule has 216 valence electrons. The molecule has 3 saturated heterocycles. The quantitative estimate of drug-likeness (QED) is 0.261. The van der Waals surface area contributed by atoms with Crippen LogP contribution in [-0.4, -0.2) is 110 Å². The lowest BCUT2D eigenvalue weighted by Crippen LogP contribution is -2.64. The van der Waals surface area contributed by atoms with E-state index in [1.807, 2.05) is 12.2 Å². The first kappa shape index (κ1) is 29.6. The zero-order valence-electron chi connectivity index (χ0n) is 22.1. The summed E-state index contributed by atoms with van der Waals surface area (Å²) in [6.45, 7) is 5.38. The number of amides is 2. The fourth-order valence-electron chi connectivity index (χ4n) is 6.38. The van der Waals surface area contributed by atoms with Gasteiger partial charge in [0.15, 0.2) is 0 Å². The van der Waals surface area contributed by atoms with Gasteiger partial charge >= 0.3 is 6.09 Å². The Kier molecular flexibility index (Phi) is 9.99. The minimum Gasteiger partial charge on any atom is -0.465 e. The first-order valence-corrected chi connectivity index (χ1v) is 14.7. The van der Waals surface area contributed by atoms with Gasteiger partial charge in [0.1, 0.15) is 35.9 Å². The average molecular weight is 558 g/mol. The van der Waals surface area contributed by atoms with E-state index < -0.39 is 60.0 Å². The van der Waals surface area contributed by atoms with Crippen LogP contribution in [0.25, 0.3) is 0 Å². The second-order valence-corrected chi connectivity index (χ2v) is 12.9. The van der Waals surface area contributed by atoms with Crippen molar-refractivity contribution in [2.24, 2.45) is 23.5 Å². The largest absolute Gasteiger partial charge is 0.465 e. The van der Waals surface area contributed by atoms with Crippen LogP contribution in [0.1, 0.15) is 46.0 Å². The van der Waals surface area contributed by atoms with Gasteiger partial charge in [-0.15, -0.1) is 11.8 Å². The molecule has 0 radical (unpaired) electrons. The number of aliphatic hydroxyl groups is 3. The molecule has 4 aliphatic rings. The molecule has 11 nitrogen and oxygen atoms in total. The van der Waals surface area contributed by atoms with Gasteiger partial charge in [-0.2, -0.15) is 0 Å². The number of hydrogen-bond acceptors (Lipinski definition) is 9. The number of likely N-dealkylation sites (tertiary alicyclic amines) is 1. The summed E-state index contributed by atoms with van der Waals surface area (Å²) in [5.74, 6) is 0.334. The highest BCUT2D eigenvalue weighted by atomic mass is 32.2. The van der Waals surface area contributed by atoms with Gasteiger partial charge in [0, 0.05) is 30.9 Å². The van der Waals surface area contributed by atoms with Crippen molar-refractivity contribution in [1.82, 2.24) is 10.2 Å². The molecule has 0 aliphatic carbocycles. The fraction of sp³-hybridized carbons (Fsp3) is 0.846. The van der Waals surface area contributed by atoms with Crippen LogP contribution in [-0.2, 0) is 14.3 Å². The number of nitrogens with two attached hydrogens (primary N) is 1. The third-order valence-electron chi connectivity index (χ3n) is 8.21. The Labute approximate surface area is 228 Å². The molecule has 2 amide bonds. The van der Waals surface area contributed by atoms with E-state index in [1.54, 1.807) is 0 Å². The molecule has 7 N–H and O–H groups in total. The lowest BCUT2D eigenvalue weighted by atomic mass is 9.85. The summed E-state index contributed by atoms with van der Waals surface area (Å²) in [5, 5.41) is 44.7. The molecule has 0 aromatic heterocycles. The van der Waals surface area contributed by atoms with E-state index in [1.165, 1.54) is 16.7 Å². The fourth-order valence-corrected chi connectivity index (χ4v) is 7.60. The summed E-state index contributed by atoms with van der Waals surface area (Å²) in [6.07, 6.45) is 0.430. The lowest BCUT2D eigenvalue weighted by molar-refractivity contribution is -0.205. The van der Waals surface area contributed by atoms with Crippen LogP contribution in [0.2, 0.25) is 0 Å². The molecule has 2 bridgehead atoms. The van der Waals surface area contributed by atoms with Gasteiger partial charge in [0.25, 0.3) is 0 Å². The Bertz CT molecular complexity index is 862. The van der Waals surface area contributed by atoms with Crippen LogP contribution in [0.5, 0.6) is 0 Å². The number of nitrogens with zero attached hydrogens (tertiary/aromatic N) is 1. The Hall–Kier alpha value is -1.41. The average Bonchev–Trinajstić information content (AvgIpc) is 3.12. The minimum atomic E-state index is -1.47. The maximum absolute atomic E-state index is 13.7. The number of aliphatic hydroxyl groups excluding tert-OH is 3. The Balaban J connectivity index is 1.55. The van der Waals surface area contributed by atoms with Gasteiger partial charge in [-0.1, -0.05) is 26.0 Å². The summed E-state index contributed by atoms with van der Waals surface area (Å²) in [7, 11) is 0. The number of carbonyl (C=O) groups is 2. The van der Waals surface area contributed by atoms with E-state index in [0.29, 0.717) is 31.4 Å². The molecule has 12 heteroatoms. The predicted molar refractivity (Wildman–Crippen MR) is 141 cm³/mol. The van der Waals surface area contributed by atoms with Gasteiger partial charge in [-0.05, 0) is 43.9 Å². The maximum Gasteiger partial charge on any atom is 0.408 e. The molecule has 11 atom stereocenters. The summed E-state index contributed by atoms with van der Waals surface area (Å²) in [6, 6.07) is -1.79.